The Kier molecular flexibility index (Phi) is 4.93. The molecule has 0 spiro atoms. The molecule has 1 aliphatic heterocycles. The van der Waals surface area contributed by atoms with E-state index in [9.17, 15) is 4.79 Å². The summed E-state index contributed by atoms with van der Waals surface area (Å²) < 4.78 is 0. The SMILES string of the molecule is N#CC1=C(N)CC(=CN2CCC(Cc3nc4ccc(Cl)cc4[nH]3)CC2=O)C=C1. The van der Waals surface area contributed by atoms with Crippen molar-refractivity contribution in [3.05, 3.63) is 64.2 Å². The molecular formula is C21H20ClN5O. The van der Waals surface area contributed by atoms with Gasteiger partial charge in [0.05, 0.1) is 16.6 Å². The van der Waals surface area contributed by atoms with Crippen LogP contribution in [-0.2, 0) is 11.2 Å². The number of nitrogens with one attached hydrogen (secondary N) is 1. The second kappa shape index (κ2) is 7.53. The predicted molar refractivity (Wildman–Crippen MR) is 108 cm³/mol. The lowest BCUT2D eigenvalue weighted by atomic mass is 9.92. The number of amides is 1. The van der Waals surface area contributed by atoms with E-state index in [1.807, 2.05) is 30.5 Å². The molecule has 142 valence electrons. The Morgan fingerprint density at radius 3 is 3.04 bits per heavy atom. The Labute approximate surface area is 168 Å². The van der Waals surface area contributed by atoms with Crippen LogP contribution in [0, 0.1) is 17.2 Å². The fourth-order valence-electron chi connectivity index (χ4n) is 3.70. The van der Waals surface area contributed by atoms with Crippen LogP contribution in [-0.4, -0.2) is 27.3 Å². The first-order valence-corrected chi connectivity index (χ1v) is 9.60. The average molecular weight is 394 g/mol. The Morgan fingerprint density at radius 2 is 2.29 bits per heavy atom. The van der Waals surface area contributed by atoms with Gasteiger partial charge in [-0.15, -0.1) is 0 Å². The van der Waals surface area contributed by atoms with Crippen LogP contribution < -0.4 is 5.73 Å². The molecule has 1 aliphatic carbocycles. The second-order valence-electron chi connectivity index (χ2n) is 7.26. The Bertz CT molecular complexity index is 1070. The first-order chi connectivity index (χ1) is 13.5. The summed E-state index contributed by atoms with van der Waals surface area (Å²) >= 11 is 6.03. The molecule has 0 radical (unpaired) electrons. The van der Waals surface area contributed by atoms with E-state index in [1.165, 1.54) is 0 Å². The molecule has 2 heterocycles. The molecule has 1 amide bonds. The summed E-state index contributed by atoms with van der Waals surface area (Å²) in [5, 5.41) is 9.66. The third-order valence-electron chi connectivity index (χ3n) is 5.18. The summed E-state index contributed by atoms with van der Waals surface area (Å²) in [4.78, 5) is 22.3. The smallest absolute Gasteiger partial charge is 0.226 e. The van der Waals surface area contributed by atoms with Gasteiger partial charge in [-0.25, -0.2) is 4.98 Å². The monoisotopic (exact) mass is 393 g/mol. The third kappa shape index (κ3) is 3.80. The van der Waals surface area contributed by atoms with Crippen molar-refractivity contribution in [2.75, 3.05) is 6.54 Å². The number of allylic oxidation sites excluding steroid dienone is 4. The molecule has 3 N–H and O–H groups in total. The number of nitrogens with zero attached hydrogens (tertiary/aromatic N) is 3. The van der Waals surface area contributed by atoms with Crippen LogP contribution in [0.3, 0.4) is 0 Å². The van der Waals surface area contributed by atoms with Crippen molar-refractivity contribution in [2.45, 2.75) is 25.7 Å². The van der Waals surface area contributed by atoms with E-state index >= 15 is 0 Å². The number of benzene rings is 1. The Morgan fingerprint density at radius 1 is 1.43 bits per heavy atom. The van der Waals surface area contributed by atoms with Gasteiger partial charge >= 0.3 is 0 Å². The molecule has 1 saturated heterocycles. The molecule has 1 fully saturated rings. The number of hydrogen-bond donors (Lipinski definition) is 2. The van der Waals surface area contributed by atoms with Crippen LogP contribution in [0.25, 0.3) is 11.0 Å². The van der Waals surface area contributed by atoms with Crippen LogP contribution in [0.1, 0.15) is 25.1 Å². The van der Waals surface area contributed by atoms with E-state index in [0.717, 1.165) is 35.3 Å². The third-order valence-corrected chi connectivity index (χ3v) is 5.42. The van der Waals surface area contributed by atoms with Crippen molar-refractivity contribution < 1.29 is 4.79 Å². The van der Waals surface area contributed by atoms with Crippen molar-refractivity contribution >= 4 is 28.5 Å². The highest BCUT2D eigenvalue weighted by atomic mass is 35.5. The maximum absolute atomic E-state index is 12.6. The Hall–Kier alpha value is -3.04. The fraction of sp³-hybridized carbons (Fsp3) is 0.286. The summed E-state index contributed by atoms with van der Waals surface area (Å²) in [7, 11) is 0. The molecule has 28 heavy (non-hydrogen) atoms. The molecule has 6 nitrogen and oxygen atoms in total. The first kappa shape index (κ1) is 18.3. The number of aromatic nitrogens is 2. The molecular weight excluding hydrogens is 374 g/mol. The lowest BCUT2D eigenvalue weighted by molar-refractivity contribution is -0.132. The topological polar surface area (TPSA) is 98.8 Å². The highest BCUT2D eigenvalue weighted by Gasteiger charge is 2.26. The van der Waals surface area contributed by atoms with Crippen LogP contribution in [0.15, 0.2) is 53.4 Å². The lowest BCUT2D eigenvalue weighted by Gasteiger charge is -2.29. The number of likely N-dealkylation sites (tertiary alicyclic amines) is 1. The number of piperidine rings is 1. The molecule has 1 atom stereocenters. The predicted octanol–water partition coefficient (Wildman–Crippen LogP) is 3.58. The number of halogens is 1. The number of hydrogen-bond acceptors (Lipinski definition) is 4. The van der Waals surface area contributed by atoms with Gasteiger partial charge in [-0.1, -0.05) is 17.7 Å². The first-order valence-electron chi connectivity index (χ1n) is 9.23. The number of rotatable bonds is 3. The maximum Gasteiger partial charge on any atom is 0.226 e. The van der Waals surface area contributed by atoms with Gasteiger partial charge in [-0.3, -0.25) is 4.79 Å². The zero-order valence-electron chi connectivity index (χ0n) is 15.3. The van der Waals surface area contributed by atoms with Gasteiger partial charge in [-0.05, 0) is 42.2 Å². The largest absolute Gasteiger partial charge is 0.401 e. The minimum Gasteiger partial charge on any atom is -0.401 e. The van der Waals surface area contributed by atoms with Crippen molar-refractivity contribution in [1.82, 2.24) is 14.9 Å². The molecule has 1 aromatic heterocycles. The minimum absolute atomic E-state index is 0.102. The van der Waals surface area contributed by atoms with Crippen molar-refractivity contribution in [3.8, 4) is 6.07 Å². The van der Waals surface area contributed by atoms with E-state index in [1.54, 1.807) is 11.0 Å². The number of H-pyrrole nitrogens is 1. The normalized spacial score (nSPS) is 21.6. The van der Waals surface area contributed by atoms with Gasteiger partial charge in [0, 0.05) is 42.7 Å². The number of carbonyl (C=O) groups excluding carboxylic acids is 1. The van der Waals surface area contributed by atoms with Gasteiger partial charge in [0.2, 0.25) is 5.91 Å². The van der Waals surface area contributed by atoms with Crippen molar-refractivity contribution in [3.63, 3.8) is 0 Å². The Balaban J connectivity index is 1.39. The van der Waals surface area contributed by atoms with E-state index < -0.39 is 0 Å². The zero-order valence-corrected chi connectivity index (χ0v) is 16.0. The van der Waals surface area contributed by atoms with E-state index in [4.69, 9.17) is 22.6 Å². The standard InChI is InChI=1S/C21H20ClN5O/c22-16-3-4-18-19(10-16)26-20(25-18)8-13-5-6-27(21(28)9-13)12-14-1-2-15(11-23)17(24)7-14/h1-4,10,12-13H,5-9,24H2,(H,25,26). The fourth-order valence-corrected chi connectivity index (χ4v) is 3.87. The molecule has 0 saturated carbocycles. The highest BCUT2D eigenvalue weighted by molar-refractivity contribution is 6.31. The van der Waals surface area contributed by atoms with Crippen LogP contribution in [0.5, 0.6) is 0 Å². The van der Waals surface area contributed by atoms with Crippen LogP contribution in [0.4, 0.5) is 0 Å². The number of aromatic amines is 1. The molecule has 4 rings (SSSR count). The zero-order chi connectivity index (χ0) is 19.7. The molecule has 0 bridgehead atoms. The highest BCUT2D eigenvalue weighted by Crippen LogP contribution is 2.26. The van der Waals surface area contributed by atoms with E-state index in [2.05, 4.69) is 16.0 Å². The number of nitrogens with two attached hydrogens (primary N) is 1. The molecule has 2 aliphatic rings. The average Bonchev–Trinajstić information content (AvgIpc) is 3.05. The quantitative estimate of drug-likeness (QED) is 0.832. The van der Waals surface area contributed by atoms with E-state index in [0.29, 0.717) is 35.7 Å². The molecule has 2 aromatic rings. The number of nitriles is 1. The number of fused-ring (bicyclic) bond motifs is 1. The summed E-state index contributed by atoms with van der Waals surface area (Å²) in [6.45, 7) is 0.668. The van der Waals surface area contributed by atoms with Crippen LogP contribution in [0.2, 0.25) is 5.02 Å². The lowest BCUT2D eigenvalue weighted by Crippen LogP contribution is -2.36. The second-order valence-corrected chi connectivity index (χ2v) is 7.70. The number of carbonyl (C=O) groups is 1. The van der Waals surface area contributed by atoms with E-state index in [-0.39, 0.29) is 11.8 Å². The summed E-state index contributed by atoms with van der Waals surface area (Å²) in [6, 6.07) is 7.66. The number of imidazole rings is 1. The summed E-state index contributed by atoms with van der Waals surface area (Å²) in [5.74, 6) is 1.25. The van der Waals surface area contributed by atoms with Gasteiger partial charge in [-0.2, -0.15) is 5.26 Å². The van der Waals surface area contributed by atoms with Gasteiger partial charge < -0.3 is 15.6 Å². The van der Waals surface area contributed by atoms with Gasteiger partial charge in [0.15, 0.2) is 0 Å². The van der Waals surface area contributed by atoms with Crippen LogP contribution >= 0.6 is 11.6 Å². The van der Waals surface area contributed by atoms with Crippen molar-refractivity contribution in [2.24, 2.45) is 11.7 Å². The maximum atomic E-state index is 12.6. The summed E-state index contributed by atoms with van der Waals surface area (Å²) in [6.07, 6.45) is 8.05. The molecule has 1 unspecified atom stereocenters. The molecule has 7 heteroatoms. The van der Waals surface area contributed by atoms with Gasteiger partial charge in [0.25, 0.3) is 0 Å². The summed E-state index contributed by atoms with van der Waals surface area (Å²) in [5.41, 5.74) is 9.70. The van der Waals surface area contributed by atoms with Crippen molar-refractivity contribution in [1.29, 1.82) is 5.26 Å². The minimum atomic E-state index is 0.102. The van der Waals surface area contributed by atoms with Gasteiger partial charge in [0.1, 0.15) is 11.9 Å². The molecule has 1 aromatic carbocycles.